The lowest BCUT2D eigenvalue weighted by Gasteiger charge is -2.45. The fourth-order valence-corrected chi connectivity index (χ4v) is 5.22. The molecule has 0 radical (unpaired) electrons. The Morgan fingerprint density at radius 3 is 2.52 bits per heavy atom. The minimum absolute atomic E-state index is 0.0127. The van der Waals surface area contributed by atoms with Crippen molar-refractivity contribution < 1.29 is 24.5 Å². The minimum atomic E-state index is -0.961. The van der Waals surface area contributed by atoms with Crippen LogP contribution in [0.1, 0.15) is 60.8 Å². The predicted molar refractivity (Wildman–Crippen MR) is 93.8 cm³/mol. The molecular formula is C20H32O5. The molecule has 0 aromatic carbocycles. The van der Waals surface area contributed by atoms with E-state index < -0.39 is 28.8 Å². The first-order chi connectivity index (χ1) is 11.5. The van der Waals surface area contributed by atoms with Gasteiger partial charge in [0.1, 0.15) is 12.2 Å². The van der Waals surface area contributed by atoms with Crippen LogP contribution in [0.5, 0.6) is 0 Å². The maximum atomic E-state index is 12.5. The van der Waals surface area contributed by atoms with Crippen molar-refractivity contribution in [3.05, 3.63) is 11.6 Å². The Labute approximate surface area is 150 Å². The second-order valence-electron chi connectivity index (χ2n) is 9.04. The van der Waals surface area contributed by atoms with E-state index in [1.807, 2.05) is 27.7 Å². The maximum Gasteiger partial charge on any atom is 0.333 e. The fraction of sp³-hybridized carbons (Fsp3) is 0.850. The van der Waals surface area contributed by atoms with E-state index in [0.717, 1.165) is 0 Å². The number of fused-ring (bicyclic) bond motifs is 2. The van der Waals surface area contributed by atoms with Gasteiger partial charge in [-0.15, -0.1) is 0 Å². The third-order valence-corrected chi connectivity index (χ3v) is 7.21. The molecule has 2 N–H and O–H groups in total. The van der Waals surface area contributed by atoms with Gasteiger partial charge in [0.05, 0.1) is 17.3 Å². The van der Waals surface area contributed by atoms with Gasteiger partial charge in [-0.05, 0) is 39.5 Å². The lowest BCUT2D eigenvalue weighted by molar-refractivity contribution is -0.171. The zero-order chi connectivity index (χ0) is 18.8. The molecule has 3 aliphatic rings. The van der Waals surface area contributed by atoms with Crippen molar-refractivity contribution in [3.8, 4) is 0 Å². The van der Waals surface area contributed by atoms with Crippen molar-refractivity contribution in [3.63, 3.8) is 0 Å². The van der Waals surface area contributed by atoms with Gasteiger partial charge in [0.15, 0.2) is 0 Å². The summed E-state index contributed by atoms with van der Waals surface area (Å²) >= 11 is 0. The second-order valence-corrected chi connectivity index (χ2v) is 9.04. The van der Waals surface area contributed by atoms with Crippen LogP contribution in [0.2, 0.25) is 0 Å². The van der Waals surface area contributed by atoms with Crippen LogP contribution in [-0.2, 0) is 14.3 Å². The van der Waals surface area contributed by atoms with E-state index in [1.165, 1.54) is 0 Å². The van der Waals surface area contributed by atoms with Gasteiger partial charge in [-0.1, -0.05) is 26.8 Å². The van der Waals surface area contributed by atoms with Gasteiger partial charge in [0.2, 0.25) is 0 Å². The first kappa shape index (κ1) is 18.9. The van der Waals surface area contributed by atoms with Gasteiger partial charge in [0.25, 0.3) is 0 Å². The highest BCUT2D eigenvalue weighted by Crippen LogP contribution is 2.63. The smallest absolute Gasteiger partial charge is 0.333 e. The third-order valence-electron chi connectivity index (χ3n) is 7.21. The largest absolute Gasteiger partial charge is 0.458 e. The van der Waals surface area contributed by atoms with Crippen molar-refractivity contribution in [1.29, 1.82) is 0 Å². The van der Waals surface area contributed by atoms with E-state index >= 15 is 0 Å². The molecule has 0 bridgehead atoms. The van der Waals surface area contributed by atoms with Crippen LogP contribution < -0.4 is 0 Å². The maximum absolute atomic E-state index is 12.5. The van der Waals surface area contributed by atoms with Gasteiger partial charge >= 0.3 is 5.97 Å². The molecule has 5 heteroatoms. The van der Waals surface area contributed by atoms with Crippen LogP contribution in [0.25, 0.3) is 0 Å². The number of hydrogen-bond acceptors (Lipinski definition) is 5. The molecule has 2 saturated carbocycles. The molecule has 25 heavy (non-hydrogen) atoms. The lowest BCUT2D eigenvalue weighted by Crippen LogP contribution is -2.53. The van der Waals surface area contributed by atoms with E-state index in [-0.39, 0.29) is 23.9 Å². The quantitative estimate of drug-likeness (QED) is 0.464. The first-order valence-electron chi connectivity index (χ1n) is 9.42. The molecule has 0 aromatic rings. The van der Waals surface area contributed by atoms with Crippen LogP contribution in [0.4, 0.5) is 0 Å². The Balaban J connectivity index is 2.02. The summed E-state index contributed by atoms with van der Waals surface area (Å²) in [5.41, 5.74) is -1.43. The van der Waals surface area contributed by atoms with Gasteiger partial charge in [-0.25, -0.2) is 4.79 Å². The molecule has 0 spiro atoms. The standard InChI is InChI=1S/C20H32O5/c1-7-12(4)17(22)24-13-10-19(6)16(25-19)15(21)18(5)8-9-20(23,11(2)3)14(13)18/h7,11,13-16,21,23H,8-10H2,1-6H3/b12-7-/t13-,14+,15+,16-,18-,19+,20+/m0/s1. The first-order valence-corrected chi connectivity index (χ1v) is 9.42. The summed E-state index contributed by atoms with van der Waals surface area (Å²) in [6.07, 6.45) is 2.14. The van der Waals surface area contributed by atoms with Gasteiger partial charge in [-0.3, -0.25) is 0 Å². The lowest BCUT2D eigenvalue weighted by atomic mass is 9.66. The summed E-state index contributed by atoms with van der Waals surface area (Å²) in [6.45, 7) is 11.5. The highest BCUT2D eigenvalue weighted by Gasteiger charge is 2.72. The average Bonchev–Trinajstić information content (AvgIpc) is 3.12. The number of rotatable bonds is 3. The zero-order valence-corrected chi connectivity index (χ0v) is 16.2. The number of carbonyl (C=O) groups is 1. The molecule has 3 fully saturated rings. The van der Waals surface area contributed by atoms with Gasteiger partial charge in [-0.2, -0.15) is 0 Å². The van der Waals surface area contributed by atoms with Crippen molar-refractivity contribution in [1.82, 2.24) is 0 Å². The van der Waals surface area contributed by atoms with E-state index in [9.17, 15) is 15.0 Å². The number of hydrogen-bond donors (Lipinski definition) is 2. The summed E-state index contributed by atoms with van der Waals surface area (Å²) in [5.74, 6) is -0.652. The van der Waals surface area contributed by atoms with Crippen LogP contribution in [-0.4, -0.2) is 45.7 Å². The zero-order valence-electron chi connectivity index (χ0n) is 16.2. The van der Waals surface area contributed by atoms with Gasteiger partial charge in [0, 0.05) is 23.3 Å². The van der Waals surface area contributed by atoms with E-state index in [1.54, 1.807) is 19.9 Å². The summed E-state index contributed by atoms with van der Waals surface area (Å²) in [4.78, 5) is 12.5. The molecular weight excluding hydrogens is 320 g/mol. The topological polar surface area (TPSA) is 79.3 Å². The molecule has 7 atom stereocenters. The SMILES string of the molecule is C/C=C(/C)C(=O)O[C@H]1C[C@@]2(C)O[C@H]2[C@@H](O)[C@@]2(C)CC[C@@](O)(C(C)C)[C@H]12. The van der Waals surface area contributed by atoms with Crippen LogP contribution in [0.3, 0.4) is 0 Å². The number of aliphatic hydroxyl groups is 2. The number of esters is 1. The van der Waals surface area contributed by atoms with E-state index in [4.69, 9.17) is 9.47 Å². The summed E-state index contributed by atoms with van der Waals surface area (Å²) < 4.78 is 11.7. The molecule has 2 aliphatic carbocycles. The molecule has 142 valence electrons. The second kappa shape index (κ2) is 5.80. The van der Waals surface area contributed by atoms with Crippen molar-refractivity contribution in [2.24, 2.45) is 17.3 Å². The van der Waals surface area contributed by atoms with Crippen molar-refractivity contribution in [2.75, 3.05) is 0 Å². The number of carbonyl (C=O) groups excluding carboxylic acids is 1. The van der Waals surface area contributed by atoms with Crippen LogP contribution >= 0.6 is 0 Å². The molecule has 0 amide bonds. The molecule has 3 rings (SSSR count). The summed E-state index contributed by atoms with van der Waals surface area (Å²) in [5, 5.41) is 22.5. The Morgan fingerprint density at radius 1 is 1.32 bits per heavy atom. The Morgan fingerprint density at radius 2 is 1.96 bits per heavy atom. The minimum Gasteiger partial charge on any atom is -0.458 e. The normalized spacial score (nSPS) is 49.4. The molecule has 1 heterocycles. The Bertz CT molecular complexity index is 599. The van der Waals surface area contributed by atoms with Crippen LogP contribution in [0, 0.1) is 17.3 Å². The van der Waals surface area contributed by atoms with Crippen molar-refractivity contribution in [2.45, 2.75) is 90.3 Å². The van der Waals surface area contributed by atoms with E-state index in [2.05, 4.69) is 0 Å². The predicted octanol–water partition coefficient (Wildman–Crippen LogP) is 2.59. The molecule has 0 aromatic heterocycles. The fourth-order valence-electron chi connectivity index (χ4n) is 5.22. The highest BCUT2D eigenvalue weighted by atomic mass is 16.6. The number of ether oxygens (including phenoxy) is 2. The molecule has 1 saturated heterocycles. The monoisotopic (exact) mass is 352 g/mol. The Kier molecular flexibility index (Phi) is 4.37. The molecule has 1 aliphatic heterocycles. The Hall–Kier alpha value is -0.910. The third kappa shape index (κ3) is 2.66. The summed E-state index contributed by atoms with van der Waals surface area (Å²) in [6, 6.07) is 0. The van der Waals surface area contributed by atoms with E-state index in [0.29, 0.717) is 24.8 Å². The van der Waals surface area contributed by atoms with Gasteiger partial charge < -0.3 is 19.7 Å². The number of aliphatic hydroxyl groups excluding tert-OH is 1. The number of allylic oxidation sites excluding steroid dienone is 1. The average molecular weight is 352 g/mol. The summed E-state index contributed by atoms with van der Waals surface area (Å²) in [7, 11) is 0. The highest BCUT2D eigenvalue weighted by molar-refractivity contribution is 5.87. The molecule has 0 unspecified atom stereocenters. The molecule has 5 nitrogen and oxygen atoms in total. The number of epoxide rings is 1. The van der Waals surface area contributed by atoms with Crippen molar-refractivity contribution >= 4 is 5.97 Å². The van der Waals surface area contributed by atoms with Crippen LogP contribution in [0.15, 0.2) is 11.6 Å².